The minimum Gasteiger partial charge on any atom is -0.477 e. The number of carboxylic acid groups (broad SMARTS) is 1. The summed E-state index contributed by atoms with van der Waals surface area (Å²) in [6.07, 6.45) is 1.55. The molecule has 1 fully saturated rings. The van der Waals surface area contributed by atoms with Crippen LogP contribution in [-0.2, 0) is 25.2 Å². The van der Waals surface area contributed by atoms with E-state index in [1.807, 2.05) is 0 Å². The van der Waals surface area contributed by atoms with Crippen LogP contribution in [0.15, 0.2) is 56.3 Å². The number of carbonyl (C=O) groups is 3. The second-order valence-corrected chi connectivity index (χ2v) is 11.2. The topological polar surface area (TPSA) is 130 Å². The molecule has 2 unspecified atom stereocenters. The Labute approximate surface area is 192 Å². The molecular weight excluding hydrogens is 480 g/mol. The largest absolute Gasteiger partial charge is 0.477 e. The van der Waals surface area contributed by atoms with E-state index in [1.165, 1.54) is 39.8 Å². The van der Waals surface area contributed by atoms with Crippen LogP contribution in [0.5, 0.6) is 0 Å². The van der Waals surface area contributed by atoms with Gasteiger partial charge in [-0.25, -0.2) is 4.79 Å². The molecule has 2 aromatic rings. The van der Waals surface area contributed by atoms with Crippen molar-refractivity contribution in [2.45, 2.75) is 20.7 Å². The van der Waals surface area contributed by atoms with Gasteiger partial charge in [0, 0.05) is 17.7 Å². The molecular formula is C18H16N4O5S4. The van der Waals surface area contributed by atoms with Crippen molar-refractivity contribution in [1.29, 1.82) is 0 Å². The van der Waals surface area contributed by atoms with Gasteiger partial charge in [-0.05, 0) is 29.2 Å². The number of amides is 2. The number of thiophene rings is 1. The SMILES string of the molecule is O=C(CS(=O)c1cccs1)NC1C(=O)N2C(C(=O)O)=C(CSc3cccnn3)CS[C@H]12. The van der Waals surface area contributed by atoms with Crippen molar-refractivity contribution in [3.05, 3.63) is 47.1 Å². The van der Waals surface area contributed by atoms with Crippen LogP contribution >= 0.6 is 34.9 Å². The molecule has 0 bridgehead atoms. The molecule has 31 heavy (non-hydrogen) atoms. The number of rotatable bonds is 8. The van der Waals surface area contributed by atoms with Crippen LogP contribution < -0.4 is 5.32 Å². The van der Waals surface area contributed by atoms with Gasteiger partial charge in [0.2, 0.25) is 5.91 Å². The average Bonchev–Trinajstić information content (AvgIpc) is 3.31. The molecule has 2 N–H and O–H groups in total. The predicted molar refractivity (Wildman–Crippen MR) is 118 cm³/mol. The normalized spacial score (nSPS) is 21.3. The maximum absolute atomic E-state index is 12.7. The first-order valence-electron chi connectivity index (χ1n) is 8.97. The number of nitrogens with one attached hydrogen (secondary N) is 1. The molecule has 2 aliphatic heterocycles. The zero-order valence-corrected chi connectivity index (χ0v) is 19.1. The van der Waals surface area contributed by atoms with Crippen LogP contribution in [0.1, 0.15) is 0 Å². The summed E-state index contributed by atoms with van der Waals surface area (Å²) in [5.41, 5.74) is 0.569. The fourth-order valence-electron chi connectivity index (χ4n) is 3.12. The molecule has 13 heteroatoms. The van der Waals surface area contributed by atoms with E-state index in [1.54, 1.807) is 35.8 Å². The number of aliphatic carboxylic acids is 1. The highest BCUT2D eigenvalue weighted by Crippen LogP contribution is 2.41. The van der Waals surface area contributed by atoms with E-state index in [4.69, 9.17) is 0 Å². The predicted octanol–water partition coefficient (Wildman–Crippen LogP) is 1.18. The Morgan fingerprint density at radius 1 is 1.35 bits per heavy atom. The summed E-state index contributed by atoms with van der Waals surface area (Å²) in [4.78, 5) is 38.1. The molecule has 0 radical (unpaired) electrons. The molecule has 2 amide bonds. The number of thioether (sulfide) groups is 2. The molecule has 9 nitrogen and oxygen atoms in total. The summed E-state index contributed by atoms with van der Waals surface area (Å²) in [5, 5.41) is 22.0. The highest BCUT2D eigenvalue weighted by molar-refractivity contribution is 8.01. The number of carbonyl (C=O) groups excluding carboxylic acids is 2. The van der Waals surface area contributed by atoms with Crippen LogP contribution in [0, 0.1) is 0 Å². The Bertz CT molecular complexity index is 1060. The lowest BCUT2D eigenvalue weighted by Crippen LogP contribution is -2.70. The molecule has 0 saturated carbocycles. The highest BCUT2D eigenvalue weighted by atomic mass is 32.2. The molecule has 0 aliphatic carbocycles. The van der Waals surface area contributed by atoms with Crippen molar-refractivity contribution in [1.82, 2.24) is 20.4 Å². The zero-order valence-electron chi connectivity index (χ0n) is 15.8. The average molecular weight is 497 g/mol. The number of fused-ring (bicyclic) bond motifs is 1. The first-order valence-corrected chi connectivity index (χ1v) is 13.2. The van der Waals surface area contributed by atoms with Gasteiger partial charge in [-0.1, -0.05) is 6.07 Å². The Morgan fingerprint density at radius 2 is 2.19 bits per heavy atom. The molecule has 2 aliphatic rings. The van der Waals surface area contributed by atoms with Crippen LogP contribution in [0.4, 0.5) is 0 Å². The van der Waals surface area contributed by atoms with Crippen LogP contribution in [0.3, 0.4) is 0 Å². The Hall–Kier alpha value is -2.22. The zero-order chi connectivity index (χ0) is 22.0. The number of carboxylic acids is 1. The van der Waals surface area contributed by atoms with Crippen molar-refractivity contribution >= 4 is 63.4 Å². The third-order valence-corrected chi connectivity index (χ3v) is 9.45. The van der Waals surface area contributed by atoms with Gasteiger partial charge in [0.25, 0.3) is 5.91 Å². The number of nitrogens with zero attached hydrogens (tertiary/aromatic N) is 3. The third-order valence-electron chi connectivity index (χ3n) is 4.49. The maximum atomic E-state index is 12.7. The minimum atomic E-state index is -1.48. The second-order valence-electron chi connectivity index (χ2n) is 6.48. The number of β-lactam (4-membered cyclic amide) rings is 1. The van der Waals surface area contributed by atoms with Crippen molar-refractivity contribution in [2.75, 3.05) is 17.3 Å². The van der Waals surface area contributed by atoms with Gasteiger partial charge in [-0.2, -0.15) is 5.10 Å². The standard InChI is InChI=1S/C18H16N4O5S4/c23-11(9-31(27)13-4-2-6-28-13)20-14-16(24)22-15(18(25)26)10(8-30-17(14)22)7-29-12-3-1-5-19-21-12/h1-6,14,17H,7-9H2,(H,20,23)(H,25,26)/t14?,17-,31?/m1/s1. The third kappa shape index (κ3) is 4.68. The number of hydrogen-bond donors (Lipinski definition) is 2. The highest BCUT2D eigenvalue weighted by Gasteiger charge is 2.54. The quantitative estimate of drug-likeness (QED) is 0.409. The van der Waals surface area contributed by atoms with E-state index < -0.39 is 40.0 Å². The van der Waals surface area contributed by atoms with Gasteiger partial charge in [-0.15, -0.1) is 40.0 Å². The lowest BCUT2D eigenvalue weighted by molar-refractivity contribution is -0.150. The number of hydrogen-bond acceptors (Lipinski definition) is 9. The molecule has 1 saturated heterocycles. The van der Waals surface area contributed by atoms with Crippen LogP contribution in [0.2, 0.25) is 0 Å². The first-order chi connectivity index (χ1) is 15.0. The van der Waals surface area contributed by atoms with Gasteiger partial charge in [0.05, 0.1) is 15.0 Å². The van der Waals surface area contributed by atoms with E-state index >= 15 is 0 Å². The Balaban J connectivity index is 1.41. The maximum Gasteiger partial charge on any atom is 0.352 e. The van der Waals surface area contributed by atoms with E-state index in [-0.39, 0.29) is 11.4 Å². The van der Waals surface area contributed by atoms with Crippen molar-refractivity contribution < 1.29 is 23.7 Å². The first kappa shape index (κ1) is 22.0. The van der Waals surface area contributed by atoms with E-state index in [9.17, 15) is 23.7 Å². The van der Waals surface area contributed by atoms with Gasteiger partial charge in [0.15, 0.2) is 0 Å². The van der Waals surface area contributed by atoms with E-state index in [2.05, 4.69) is 15.5 Å². The Kier molecular flexibility index (Phi) is 6.74. The smallest absolute Gasteiger partial charge is 0.352 e. The molecule has 0 spiro atoms. The summed E-state index contributed by atoms with van der Waals surface area (Å²) in [6.45, 7) is 0. The van der Waals surface area contributed by atoms with Gasteiger partial charge in [-0.3, -0.25) is 18.7 Å². The Morgan fingerprint density at radius 3 is 2.87 bits per heavy atom. The van der Waals surface area contributed by atoms with Gasteiger partial charge in [0.1, 0.15) is 27.9 Å². The summed E-state index contributed by atoms with van der Waals surface area (Å²) >= 11 is 4.03. The van der Waals surface area contributed by atoms with Gasteiger partial charge >= 0.3 is 5.97 Å². The van der Waals surface area contributed by atoms with Crippen molar-refractivity contribution in [3.8, 4) is 0 Å². The van der Waals surface area contributed by atoms with E-state index in [0.717, 1.165) is 0 Å². The molecule has 162 valence electrons. The summed E-state index contributed by atoms with van der Waals surface area (Å²) < 4.78 is 12.8. The fourth-order valence-corrected chi connectivity index (χ4v) is 7.35. The van der Waals surface area contributed by atoms with Crippen LogP contribution in [0.25, 0.3) is 0 Å². The molecule has 4 rings (SSSR count). The fraction of sp³-hybridized carbons (Fsp3) is 0.278. The minimum absolute atomic E-state index is 0.0437. The number of aromatic nitrogens is 2. The summed E-state index contributed by atoms with van der Waals surface area (Å²) in [7, 11) is -1.48. The monoisotopic (exact) mass is 496 g/mol. The summed E-state index contributed by atoms with van der Waals surface area (Å²) in [6, 6.07) is 6.12. The lowest BCUT2D eigenvalue weighted by atomic mass is 10.0. The van der Waals surface area contributed by atoms with Crippen molar-refractivity contribution in [3.63, 3.8) is 0 Å². The molecule has 4 heterocycles. The van der Waals surface area contributed by atoms with E-state index in [0.29, 0.717) is 26.3 Å². The van der Waals surface area contributed by atoms with Crippen molar-refractivity contribution in [2.24, 2.45) is 0 Å². The van der Waals surface area contributed by atoms with Gasteiger partial charge < -0.3 is 10.4 Å². The second kappa shape index (κ2) is 9.51. The summed E-state index contributed by atoms with van der Waals surface area (Å²) in [5.74, 6) is -1.64. The molecule has 2 aromatic heterocycles. The van der Waals surface area contributed by atoms with Crippen LogP contribution in [-0.4, -0.2) is 70.9 Å². The molecule has 0 aromatic carbocycles. The molecule has 3 atom stereocenters. The lowest BCUT2D eigenvalue weighted by Gasteiger charge is -2.49.